The quantitative estimate of drug-likeness (QED) is 0.732. The molecule has 26 heavy (non-hydrogen) atoms. The fourth-order valence-electron chi connectivity index (χ4n) is 2.06. The molecule has 0 aliphatic carbocycles. The molecule has 1 atom stereocenters. The molecule has 0 spiro atoms. The second kappa shape index (κ2) is 8.27. The minimum absolute atomic E-state index is 0.172. The van der Waals surface area contributed by atoms with Crippen molar-refractivity contribution >= 4 is 35.0 Å². The zero-order valence-corrected chi connectivity index (χ0v) is 14.9. The van der Waals surface area contributed by atoms with E-state index in [2.05, 4.69) is 10.6 Å². The number of thioether (sulfide) groups is 1. The Bertz CT molecular complexity index is 775. The van der Waals surface area contributed by atoms with Gasteiger partial charge in [0.15, 0.2) is 0 Å². The van der Waals surface area contributed by atoms with Gasteiger partial charge in [-0.05, 0) is 55.5 Å². The Labute approximate surface area is 153 Å². The van der Waals surface area contributed by atoms with Gasteiger partial charge in [0, 0.05) is 23.2 Å². The summed E-state index contributed by atoms with van der Waals surface area (Å²) in [5.74, 6) is -0.490. The molecule has 0 bridgehead atoms. The van der Waals surface area contributed by atoms with Crippen LogP contribution in [-0.2, 0) is 15.8 Å². The summed E-state index contributed by atoms with van der Waals surface area (Å²) in [6.45, 7) is 3.11. The van der Waals surface area contributed by atoms with Gasteiger partial charge in [-0.25, -0.2) is 0 Å². The molecule has 4 nitrogen and oxygen atoms in total. The fraction of sp³-hybridized carbons (Fsp3) is 0.222. The summed E-state index contributed by atoms with van der Waals surface area (Å²) in [6.07, 6.45) is -4.41. The number of nitrogens with one attached hydrogen (secondary N) is 2. The summed E-state index contributed by atoms with van der Waals surface area (Å²) in [7, 11) is 0. The average molecular weight is 382 g/mol. The highest BCUT2D eigenvalue weighted by molar-refractivity contribution is 8.00. The van der Waals surface area contributed by atoms with Gasteiger partial charge >= 0.3 is 6.18 Å². The molecule has 2 aromatic carbocycles. The fourth-order valence-corrected chi connectivity index (χ4v) is 2.93. The van der Waals surface area contributed by atoms with E-state index in [-0.39, 0.29) is 11.8 Å². The number of anilines is 2. The summed E-state index contributed by atoms with van der Waals surface area (Å²) in [5.41, 5.74) is 0.192. The van der Waals surface area contributed by atoms with Gasteiger partial charge in [0.1, 0.15) is 0 Å². The zero-order chi connectivity index (χ0) is 19.3. The van der Waals surface area contributed by atoms with Crippen molar-refractivity contribution in [2.75, 3.05) is 10.6 Å². The number of benzene rings is 2. The van der Waals surface area contributed by atoms with Crippen molar-refractivity contribution in [1.82, 2.24) is 0 Å². The molecule has 0 radical (unpaired) electrons. The Hall–Kier alpha value is -2.48. The summed E-state index contributed by atoms with van der Waals surface area (Å²) in [6, 6.07) is 11.3. The van der Waals surface area contributed by atoms with E-state index in [1.54, 1.807) is 31.2 Å². The predicted octanol–water partition coefficient (Wildman–Crippen LogP) is 4.78. The molecule has 1 unspecified atom stereocenters. The highest BCUT2D eigenvalue weighted by Gasteiger charge is 2.30. The molecule has 0 heterocycles. The second-order valence-electron chi connectivity index (χ2n) is 5.53. The molecule has 2 amide bonds. The molecule has 8 heteroatoms. The van der Waals surface area contributed by atoms with Gasteiger partial charge in [-0.1, -0.05) is 0 Å². The van der Waals surface area contributed by atoms with E-state index in [0.717, 1.165) is 17.0 Å². The normalized spacial score (nSPS) is 12.3. The Morgan fingerprint density at radius 1 is 0.923 bits per heavy atom. The van der Waals surface area contributed by atoms with E-state index in [1.165, 1.54) is 30.8 Å². The summed E-state index contributed by atoms with van der Waals surface area (Å²) < 4.78 is 37.6. The summed E-state index contributed by atoms with van der Waals surface area (Å²) >= 11 is 1.30. The van der Waals surface area contributed by atoms with Crippen LogP contribution in [0.4, 0.5) is 24.5 Å². The number of halogens is 3. The van der Waals surface area contributed by atoms with Crippen molar-refractivity contribution in [2.24, 2.45) is 0 Å². The first-order valence-electron chi connectivity index (χ1n) is 7.67. The Morgan fingerprint density at radius 2 is 1.42 bits per heavy atom. The van der Waals surface area contributed by atoms with Crippen LogP contribution < -0.4 is 10.6 Å². The van der Waals surface area contributed by atoms with Crippen molar-refractivity contribution in [2.45, 2.75) is 30.2 Å². The molecule has 2 rings (SSSR count). The smallest absolute Gasteiger partial charge is 0.326 e. The van der Waals surface area contributed by atoms with Gasteiger partial charge in [0.05, 0.1) is 10.8 Å². The SMILES string of the molecule is CC(=O)Nc1ccc(SC(C)C(=O)Nc2ccc(C(F)(F)F)cc2)cc1. The average Bonchev–Trinajstić information content (AvgIpc) is 2.55. The number of hydrogen-bond acceptors (Lipinski definition) is 3. The van der Waals surface area contributed by atoms with Gasteiger partial charge in [0.2, 0.25) is 11.8 Å². The number of rotatable bonds is 5. The molecule has 0 aromatic heterocycles. The van der Waals surface area contributed by atoms with Crippen LogP contribution in [-0.4, -0.2) is 17.1 Å². The van der Waals surface area contributed by atoms with Crippen molar-refractivity contribution in [3.05, 3.63) is 54.1 Å². The van der Waals surface area contributed by atoms with E-state index in [1.807, 2.05) is 0 Å². The number of amides is 2. The van der Waals surface area contributed by atoms with E-state index in [4.69, 9.17) is 0 Å². The zero-order valence-electron chi connectivity index (χ0n) is 14.1. The molecule has 0 saturated carbocycles. The Morgan fingerprint density at radius 3 is 1.92 bits per heavy atom. The maximum Gasteiger partial charge on any atom is 0.416 e. The molecule has 2 aromatic rings. The van der Waals surface area contributed by atoms with Gasteiger partial charge in [-0.2, -0.15) is 13.2 Å². The number of carbonyl (C=O) groups excluding carboxylic acids is 2. The van der Waals surface area contributed by atoms with Crippen LogP contribution in [0.1, 0.15) is 19.4 Å². The maximum absolute atomic E-state index is 12.5. The lowest BCUT2D eigenvalue weighted by molar-refractivity contribution is -0.137. The van der Waals surface area contributed by atoms with Gasteiger partial charge in [-0.15, -0.1) is 11.8 Å². The van der Waals surface area contributed by atoms with E-state index in [9.17, 15) is 22.8 Å². The number of carbonyl (C=O) groups is 2. The van der Waals surface area contributed by atoms with Crippen LogP contribution in [0.3, 0.4) is 0 Å². The minimum atomic E-state index is -4.41. The first kappa shape index (κ1) is 19.8. The van der Waals surface area contributed by atoms with Crippen LogP contribution in [0.2, 0.25) is 0 Å². The predicted molar refractivity (Wildman–Crippen MR) is 96.1 cm³/mol. The van der Waals surface area contributed by atoms with Crippen LogP contribution in [0.15, 0.2) is 53.4 Å². The molecule has 138 valence electrons. The second-order valence-corrected chi connectivity index (χ2v) is 6.94. The highest BCUT2D eigenvalue weighted by atomic mass is 32.2. The minimum Gasteiger partial charge on any atom is -0.326 e. The molecular weight excluding hydrogens is 365 g/mol. The van der Waals surface area contributed by atoms with Gasteiger partial charge in [-0.3, -0.25) is 9.59 Å². The largest absolute Gasteiger partial charge is 0.416 e. The van der Waals surface area contributed by atoms with Crippen LogP contribution >= 0.6 is 11.8 Å². The third-order valence-electron chi connectivity index (χ3n) is 3.34. The lowest BCUT2D eigenvalue weighted by Gasteiger charge is -2.13. The highest BCUT2D eigenvalue weighted by Crippen LogP contribution is 2.30. The Balaban J connectivity index is 1.94. The van der Waals surface area contributed by atoms with Crippen molar-refractivity contribution in [3.8, 4) is 0 Å². The first-order chi connectivity index (χ1) is 12.1. The third kappa shape index (κ3) is 5.80. The van der Waals surface area contributed by atoms with Crippen LogP contribution in [0.25, 0.3) is 0 Å². The standard InChI is InChI=1S/C18H17F3N2O2S/c1-11(26-16-9-7-14(8-10-16)22-12(2)24)17(25)23-15-5-3-13(4-6-15)18(19,20)21/h3-11H,1-2H3,(H,22,24)(H,23,25). The number of hydrogen-bond donors (Lipinski definition) is 2. The van der Waals surface area contributed by atoms with Gasteiger partial charge < -0.3 is 10.6 Å². The molecule has 2 N–H and O–H groups in total. The van der Waals surface area contributed by atoms with Crippen molar-refractivity contribution in [3.63, 3.8) is 0 Å². The van der Waals surface area contributed by atoms with E-state index >= 15 is 0 Å². The van der Waals surface area contributed by atoms with Crippen molar-refractivity contribution < 1.29 is 22.8 Å². The number of alkyl halides is 3. The van der Waals surface area contributed by atoms with E-state index < -0.39 is 17.0 Å². The summed E-state index contributed by atoms with van der Waals surface area (Å²) in [5, 5.41) is 4.79. The molecular formula is C18H17F3N2O2S. The molecule has 0 saturated heterocycles. The monoisotopic (exact) mass is 382 g/mol. The van der Waals surface area contributed by atoms with Crippen LogP contribution in [0, 0.1) is 0 Å². The lowest BCUT2D eigenvalue weighted by Crippen LogP contribution is -2.22. The third-order valence-corrected chi connectivity index (χ3v) is 4.45. The maximum atomic E-state index is 12.5. The first-order valence-corrected chi connectivity index (χ1v) is 8.55. The van der Waals surface area contributed by atoms with Crippen molar-refractivity contribution in [1.29, 1.82) is 0 Å². The molecule has 0 fully saturated rings. The van der Waals surface area contributed by atoms with Crippen LogP contribution in [0.5, 0.6) is 0 Å². The topological polar surface area (TPSA) is 58.2 Å². The molecule has 0 aliphatic rings. The Kier molecular flexibility index (Phi) is 6.31. The lowest BCUT2D eigenvalue weighted by atomic mass is 10.2. The summed E-state index contributed by atoms with van der Waals surface area (Å²) in [4.78, 5) is 24.0. The van der Waals surface area contributed by atoms with Gasteiger partial charge in [0.25, 0.3) is 0 Å². The van der Waals surface area contributed by atoms with E-state index in [0.29, 0.717) is 11.4 Å². The molecule has 0 aliphatic heterocycles.